The number of nitrogens with zero attached hydrogens (tertiary/aromatic N) is 2. The van der Waals surface area contributed by atoms with E-state index in [2.05, 4.69) is 37.4 Å². The highest BCUT2D eigenvalue weighted by Gasteiger charge is 2.34. The van der Waals surface area contributed by atoms with E-state index in [9.17, 15) is 9.59 Å². The molecule has 2 aliphatic rings. The first-order valence-electron chi connectivity index (χ1n) is 12.3. The highest BCUT2D eigenvalue weighted by Crippen LogP contribution is 2.34. The largest absolute Gasteiger partial charge is 0.491 e. The lowest BCUT2D eigenvalue weighted by Gasteiger charge is -2.37. The van der Waals surface area contributed by atoms with Crippen molar-refractivity contribution in [2.45, 2.75) is 64.8 Å². The van der Waals surface area contributed by atoms with E-state index >= 15 is 0 Å². The van der Waals surface area contributed by atoms with Crippen LogP contribution in [0.25, 0.3) is 0 Å². The third kappa shape index (κ3) is 5.43. The number of fused-ring (bicyclic) bond motifs is 1. The minimum atomic E-state index is -0.127. The number of hydrogen-bond acceptors (Lipinski definition) is 4. The quantitative estimate of drug-likeness (QED) is 0.520. The van der Waals surface area contributed by atoms with Gasteiger partial charge < -0.3 is 14.5 Å². The van der Waals surface area contributed by atoms with Crippen molar-refractivity contribution in [3.63, 3.8) is 0 Å². The molecule has 0 saturated heterocycles. The smallest absolute Gasteiger partial charge is 0.242 e. The molecule has 178 valence electrons. The van der Waals surface area contributed by atoms with Gasteiger partial charge in [-0.05, 0) is 66.8 Å². The Bertz CT molecular complexity index is 947. The van der Waals surface area contributed by atoms with Gasteiger partial charge in [-0.15, -0.1) is 11.3 Å². The molecule has 33 heavy (non-hydrogen) atoms. The van der Waals surface area contributed by atoms with Gasteiger partial charge in [0.05, 0.1) is 12.6 Å². The number of carbonyl (C=O) groups excluding carboxylic acids is 2. The highest BCUT2D eigenvalue weighted by atomic mass is 32.1. The summed E-state index contributed by atoms with van der Waals surface area (Å²) in [4.78, 5) is 31.4. The van der Waals surface area contributed by atoms with Crippen molar-refractivity contribution in [1.29, 1.82) is 0 Å². The average Bonchev–Trinajstić information content (AvgIpc) is 3.53. The minimum Gasteiger partial charge on any atom is -0.491 e. The molecule has 2 amide bonds. The molecule has 0 N–H and O–H groups in total. The van der Waals surface area contributed by atoms with Crippen molar-refractivity contribution in [2.24, 2.45) is 5.92 Å². The molecule has 1 aromatic heterocycles. The van der Waals surface area contributed by atoms with E-state index in [4.69, 9.17) is 4.74 Å². The fourth-order valence-corrected chi connectivity index (χ4v) is 5.96. The number of benzene rings is 1. The number of rotatable bonds is 8. The van der Waals surface area contributed by atoms with Crippen molar-refractivity contribution < 1.29 is 14.3 Å². The summed E-state index contributed by atoms with van der Waals surface area (Å²) in [5, 5.41) is 2.10. The maximum atomic E-state index is 13.4. The van der Waals surface area contributed by atoms with Gasteiger partial charge in [0.25, 0.3) is 0 Å². The van der Waals surface area contributed by atoms with Crippen LogP contribution in [0.3, 0.4) is 0 Å². The van der Waals surface area contributed by atoms with E-state index in [0.29, 0.717) is 25.6 Å². The van der Waals surface area contributed by atoms with Crippen LogP contribution >= 0.6 is 11.3 Å². The van der Waals surface area contributed by atoms with Gasteiger partial charge in [0.1, 0.15) is 12.4 Å². The van der Waals surface area contributed by atoms with Crippen LogP contribution in [0.4, 0.5) is 0 Å². The van der Waals surface area contributed by atoms with Crippen molar-refractivity contribution in [2.75, 3.05) is 26.2 Å². The standard InChI is InChI=1S/C27H36N2O3S/c1-4-28(27(31)21-7-5-6-8-21)17-26(30)29-15-13-25-23(14-16-33-25)24(29)18-32-22-11-9-20(10-12-22)19(2)3/h9-12,14,16,19,21,24H,4-8,13,15,17-18H2,1-3H3/t24-/m0/s1. The van der Waals surface area contributed by atoms with Crippen LogP contribution in [0.5, 0.6) is 5.75 Å². The maximum absolute atomic E-state index is 13.4. The Morgan fingerprint density at radius 1 is 1.15 bits per heavy atom. The molecule has 4 rings (SSSR count). The molecule has 1 atom stereocenters. The molecule has 0 radical (unpaired) electrons. The van der Waals surface area contributed by atoms with Gasteiger partial charge in [-0.1, -0.05) is 38.8 Å². The van der Waals surface area contributed by atoms with Gasteiger partial charge >= 0.3 is 0 Å². The first-order chi connectivity index (χ1) is 16.0. The van der Waals surface area contributed by atoms with Gasteiger partial charge in [-0.3, -0.25) is 9.59 Å². The van der Waals surface area contributed by atoms with E-state index in [1.165, 1.54) is 16.0 Å². The zero-order chi connectivity index (χ0) is 23.4. The normalized spacial score (nSPS) is 18.4. The van der Waals surface area contributed by atoms with Gasteiger partial charge in [0, 0.05) is 23.9 Å². The summed E-state index contributed by atoms with van der Waals surface area (Å²) < 4.78 is 6.18. The van der Waals surface area contributed by atoms with Crippen molar-refractivity contribution in [3.05, 3.63) is 51.7 Å². The second-order valence-corrected chi connectivity index (χ2v) is 10.5. The molecule has 0 bridgehead atoms. The van der Waals surface area contributed by atoms with Crippen LogP contribution in [0.1, 0.15) is 74.4 Å². The lowest BCUT2D eigenvalue weighted by atomic mass is 10.00. The summed E-state index contributed by atoms with van der Waals surface area (Å²) in [6, 6.07) is 10.2. The fraction of sp³-hybridized carbons (Fsp3) is 0.556. The summed E-state index contributed by atoms with van der Waals surface area (Å²) in [5.74, 6) is 1.56. The van der Waals surface area contributed by atoms with Gasteiger partial charge in [0.15, 0.2) is 0 Å². The molecule has 0 spiro atoms. The number of hydrogen-bond donors (Lipinski definition) is 0. The van der Waals surface area contributed by atoms with Crippen molar-refractivity contribution >= 4 is 23.2 Å². The molecule has 2 heterocycles. The lowest BCUT2D eigenvalue weighted by molar-refractivity contribution is -0.144. The third-order valence-corrected chi connectivity index (χ3v) is 8.09. The topological polar surface area (TPSA) is 49.9 Å². The lowest BCUT2D eigenvalue weighted by Crippen LogP contribution is -2.48. The predicted octanol–water partition coefficient (Wildman–Crippen LogP) is 5.42. The van der Waals surface area contributed by atoms with E-state index in [1.54, 1.807) is 16.2 Å². The van der Waals surface area contributed by atoms with Crippen LogP contribution in [-0.4, -0.2) is 47.9 Å². The number of thiophene rings is 1. The second-order valence-electron chi connectivity index (χ2n) is 9.52. The SMILES string of the molecule is CCN(CC(=O)N1CCc2sccc2[C@@H]1COc1ccc(C(C)C)cc1)C(=O)C1CCCC1. The number of carbonyl (C=O) groups is 2. The molecular weight excluding hydrogens is 432 g/mol. The number of amides is 2. The van der Waals surface area contributed by atoms with Gasteiger partial charge in [-0.25, -0.2) is 0 Å². The fourth-order valence-electron chi connectivity index (χ4n) is 5.03. The van der Waals surface area contributed by atoms with Crippen LogP contribution < -0.4 is 4.74 Å². The predicted molar refractivity (Wildman–Crippen MR) is 133 cm³/mol. The molecular formula is C27H36N2O3S. The van der Waals surface area contributed by atoms with E-state index in [0.717, 1.165) is 37.9 Å². The minimum absolute atomic E-state index is 0.0174. The van der Waals surface area contributed by atoms with E-state index < -0.39 is 0 Å². The van der Waals surface area contributed by atoms with Gasteiger partial charge in [-0.2, -0.15) is 0 Å². The first kappa shape index (κ1) is 23.8. The van der Waals surface area contributed by atoms with Gasteiger partial charge in [0.2, 0.25) is 11.8 Å². The molecule has 1 aliphatic heterocycles. The Labute approximate surface area is 201 Å². The summed E-state index contributed by atoms with van der Waals surface area (Å²) in [7, 11) is 0. The Hall–Kier alpha value is -2.34. The molecule has 1 saturated carbocycles. The average molecular weight is 469 g/mol. The molecule has 1 aromatic carbocycles. The Balaban J connectivity index is 1.46. The molecule has 1 fully saturated rings. The van der Waals surface area contributed by atoms with Crippen LogP contribution in [0, 0.1) is 5.92 Å². The maximum Gasteiger partial charge on any atom is 0.242 e. The Morgan fingerprint density at radius 3 is 2.55 bits per heavy atom. The molecule has 0 unspecified atom stereocenters. The van der Waals surface area contributed by atoms with Crippen LogP contribution in [-0.2, 0) is 16.0 Å². The zero-order valence-corrected chi connectivity index (χ0v) is 20.9. The second kappa shape index (κ2) is 10.7. The molecule has 1 aliphatic carbocycles. The number of likely N-dealkylation sites (N-methyl/N-ethyl adjacent to an activating group) is 1. The molecule has 6 heteroatoms. The van der Waals surface area contributed by atoms with E-state index in [-0.39, 0.29) is 30.3 Å². The number of ether oxygens (including phenoxy) is 1. The van der Waals surface area contributed by atoms with E-state index in [1.807, 2.05) is 24.0 Å². The zero-order valence-electron chi connectivity index (χ0n) is 20.1. The Kier molecular flexibility index (Phi) is 7.74. The third-order valence-electron chi connectivity index (χ3n) is 7.09. The van der Waals surface area contributed by atoms with Crippen molar-refractivity contribution in [1.82, 2.24) is 9.80 Å². The van der Waals surface area contributed by atoms with Crippen molar-refractivity contribution in [3.8, 4) is 5.75 Å². The summed E-state index contributed by atoms with van der Waals surface area (Å²) in [6.45, 7) is 8.13. The van der Waals surface area contributed by atoms with Crippen LogP contribution in [0.2, 0.25) is 0 Å². The monoisotopic (exact) mass is 468 g/mol. The molecule has 2 aromatic rings. The highest BCUT2D eigenvalue weighted by molar-refractivity contribution is 7.10. The molecule has 5 nitrogen and oxygen atoms in total. The summed E-state index contributed by atoms with van der Waals surface area (Å²) in [5.41, 5.74) is 2.46. The first-order valence-corrected chi connectivity index (χ1v) is 13.2. The summed E-state index contributed by atoms with van der Waals surface area (Å²) in [6.07, 6.45) is 5.01. The Morgan fingerprint density at radius 2 is 1.88 bits per heavy atom. The van der Waals surface area contributed by atoms with Crippen LogP contribution in [0.15, 0.2) is 35.7 Å². The summed E-state index contributed by atoms with van der Waals surface area (Å²) >= 11 is 1.75.